The van der Waals surface area contributed by atoms with Crippen molar-refractivity contribution in [2.75, 3.05) is 6.54 Å². The first-order valence-corrected chi connectivity index (χ1v) is 8.92. The zero-order chi connectivity index (χ0) is 18.5. The highest BCUT2D eigenvalue weighted by Crippen LogP contribution is 2.28. The van der Waals surface area contributed by atoms with Crippen LogP contribution in [0.1, 0.15) is 23.1 Å². The molecule has 1 aromatic carbocycles. The summed E-state index contributed by atoms with van der Waals surface area (Å²) in [5.74, 6) is 0.831. The van der Waals surface area contributed by atoms with E-state index in [1.807, 2.05) is 47.6 Å². The summed E-state index contributed by atoms with van der Waals surface area (Å²) in [4.78, 5) is 8.82. The predicted molar refractivity (Wildman–Crippen MR) is 106 cm³/mol. The van der Waals surface area contributed by atoms with Crippen molar-refractivity contribution in [2.24, 2.45) is 4.99 Å². The Balaban J connectivity index is 1.49. The summed E-state index contributed by atoms with van der Waals surface area (Å²) in [7, 11) is 0. The molecule has 0 radical (unpaired) electrons. The molecule has 2 aliphatic rings. The van der Waals surface area contributed by atoms with Gasteiger partial charge in [-0.3, -0.25) is 20.4 Å². The number of rotatable bonds is 4. The maximum absolute atomic E-state index is 9.00. The molecular weight excluding hydrogens is 334 g/mol. The fraction of sp³-hybridized carbons (Fsp3) is 0.136. The minimum absolute atomic E-state index is 0.662. The Kier molecular flexibility index (Phi) is 4.80. The zero-order valence-corrected chi connectivity index (χ0v) is 14.8. The van der Waals surface area contributed by atoms with Crippen molar-refractivity contribution in [2.45, 2.75) is 12.8 Å². The molecule has 0 fully saturated rings. The first-order valence-electron chi connectivity index (χ1n) is 8.92. The van der Waals surface area contributed by atoms with Crippen LogP contribution < -0.4 is 5.43 Å². The summed E-state index contributed by atoms with van der Waals surface area (Å²) >= 11 is 0. The van der Waals surface area contributed by atoms with Crippen molar-refractivity contribution in [3.8, 4) is 6.07 Å². The Hall–Kier alpha value is -3.65. The van der Waals surface area contributed by atoms with Gasteiger partial charge in [-0.1, -0.05) is 30.4 Å². The molecule has 0 saturated carbocycles. The minimum atomic E-state index is 0.662. The highest BCUT2D eigenvalue weighted by atomic mass is 15.5. The average molecular weight is 353 g/mol. The van der Waals surface area contributed by atoms with Crippen LogP contribution in [-0.2, 0) is 6.42 Å². The van der Waals surface area contributed by atoms with Crippen LogP contribution in [0.15, 0.2) is 83.8 Å². The number of nitrogens with one attached hydrogen (secondary N) is 1. The van der Waals surface area contributed by atoms with E-state index >= 15 is 0 Å². The minimum Gasteiger partial charge on any atom is -0.277 e. The number of fused-ring (bicyclic) bond motifs is 1. The summed E-state index contributed by atoms with van der Waals surface area (Å²) < 4.78 is 0. The molecule has 4 rings (SSSR count). The molecule has 0 aliphatic carbocycles. The lowest BCUT2D eigenvalue weighted by molar-refractivity contribution is 0.441. The van der Waals surface area contributed by atoms with E-state index in [1.165, 1.54) is 5.56 Å². The maximum atomic E-state index is 9.00. The molecule has 5 nitrogen and oxygen atoms in total. The van der Waals surface area contributed by atoms with E-state index in [4.69, 9.17) is 5.26 Å². The fourth-order valence-corrected chi connectivity index (χ4v) is 3.10. The van der Waals surface area contributed by atoms with Crippen LogP contribution >= 0.6 is 0 Å². The first-order chi connectivity index (χ1) is 13.3. The van der Waals surface area contributed by atoms with Crippen LogP contribution in [0.5, 0.6) is 0 Å². The Morgan fingerprint density at radius 2 is 2.04 bits per heavy atom. The predicted octanol–water partition coefficient (Wildman–Crippen LogP) is 3.60. The van der Waals surface area contributed by atoms with Gasteiger partial charge in [0.1, 0.15) is 5.84 Å². The van der Waals surface area contributed by atoms with E-state index in [1.54, 1.807) is 6.20 Å². The highest BCUT2D eigenvalue weighted by Gasteiger charge is 2.21. The van der Waals surface area contributed by atoms with Gasteiger partial charge in [0.2, 0.25) is 0 Å². The summed E-state index contributed by atoms with van der Waals surface area (Å²) in [5, 5.41) is 11.0. The van der Waals surface area contributed by atoms with Crippen LogP contribution in [0.4, 0.5) is 0 Å². The van der Waals surface area contributed by atoms with Gasteiger partial charge in [-0.2, -0.15) is 5.26 Å². The molecule has 1 aromatic heterocycles. The number of amidine groups is 1. The van der Waals surface area contributed by atoms with Gasteiger partial charge in [0.25, 0.3) is 0 Å². The maximum Gasteiger partial charge on any atom is 0.140 e. The van der Waals surface area contributed by atoms with Crippen molar-refractivity contribution in [1.82, 2.24) is 15.4 Å². The largest absolute Gasteiger partial charge is 0.277 e. The van der Waals surface area contributed by atoms with Gasteiger partial charge in [0.05, 0.1) is 23.0 Å². The lowest BCUT2D eigenvalue weighted by atomic mass is 10.0. The molecule has 2 aliphatic heterocycles. The third-order valence-electron chi connectivity index (χ3n) is 4.49. The van der Waals surface area contributed by atoms with Crippen molar-refractivity contribution in [3.05, 3.63) is 95.5 Å². The SMILES string of the molecule is N#Cc1ccc(C2=CCC=C3C=CC(=NCCc4cccnc4)NN32)cc1. The number of hydrogen-bond acceptors (Lipinski definition) is 4. The molecule has 0 unspecified atom stereocenters. The van der Waals surface area contributed by atoms with E-state index in [0.29, 0.717) is 12.1 Å². The highest BCUT2D eigenvalue weighted by molar-refractivity contribution is 5.95. The lowest BCUT2D eigenvalue weighted by Crippen LogP contribution is -2.42. The second kappa shape index (κ2) is 7.71. The fourth-order valence-electron chi connectivity index (χ4n) is 3.10. The van der Waals surface area contributed by atoms with Crippen molar-refractivity contribution >= 4 is 11.5 Å². The number of aromatic nitrogens is 1. The van der Waals surface area contributed by atoms with Crippen molar-refractivity contribution < 1.29 is 0 Å². The summed E-state index contributed by atoms with van der Waals surface area (Å²) in [6, 6.07) is 13.8. The first kappa shape index (κ1) is 16.8. The number of allylic oxidation sites excluding steroid dienone is 3. The summed E-state index contributed by atoms with van der Waals surface area (Å²) in [6.45, 7) is 0.696. The van der Waals surface area contributed by atoms with E-state index in [2.05, 4.69) is 45.8 Å². The number of benzene rings is 1. The third kappa shape index (κ3) is 3.80. The van der Waals surface area contributed by atoms with E-state index in [9.17, 15) is 0 Å². The van der Waals surface area contributed by atoms with E-state index < -0.39 is 0 Å². The summed E-state index contributed by atoms with van der Waals surface area (Å²) in [5.41, 5.74) is 8.48. The van der Waals surface area contributed by atoms with Crippen LogP contribution in [0.2, 0.25) is 0 Å². The molecule has 1 N–H and O–H groups in total. The standard InChI is InChI=1S/C22H19N5/c23-15-17-6-8-19(9-7-17)21-5-1-4-20-10-11-22(26-27(20)21)25-14-12-18-3-2-13-24-16-18/h2-11,13,16H,1,12,14H2,(H,25,26). The number of hydrazine groups is 1. The third-order valence-corrected chi connectivity index (χ3v) is 4.49. The van der Waals surface area contributed by atoms with Gasteiger partial charge in [-0.05, 0) is 54.3 Å². The van der Waals surface area contributed by atoms with E-state index in [-0.39, 0.29) is 0 Å². The van der Waals surface area contributed by atoms with Gasteiger partial charge in [-0.25, -0.2) is 0 Å². The number of nitrogens with zero attached hydrogens (tertiary/aromatic N) is 4. The second-order valence-corrected chi connectivity index (χ2v) is 6.30. The molecule has 2 aromatic rings. The Bertz CT molecular complexity index is 976. The Morgan fingerprint density at radius 3 is 2.81 bits per heavy atom. The smallest absolute Gasteiger partial charge is 0.140 e. The van der Waals surface area contributed by atoms with E-state index in [0.717, 1.165) is 35.6 Å². The molecular formula is C22H19N5. The monoisotopic (exact) mass is 353 g/mol. The molecule has 3 heterocycles. The quantitative estimate of drug-likeness (QED) is 0.912. The number of pyridine rings is 1. The van der Waals surface area contributed by atoms with Crippen LogP contribution in [0.25, 0.3) is 5.70 Å². The molecule has 0 spiro atoms. The molecule has 5 heteroatoms. The van der Waals surface area contributed by atoms with Crippen molar-refractivity contribution in [3.63, 3.8) is 0 Å². The molecule has 0 atom stereocenters. The van der Waals surface area contributed by atoms with Gasteiger partial charge < -0.3 is 0 Å². The molecule has 0 amide bonds. The number of hydrogen-bond donors (Lipinski definition) is 1. The Labute approximate surface area is 158 Å². The van der Waals surface area contributed by atoms with Crippen LogP contribution in [0, 0.1) is 11.3 Å². The van der Waals surface area contributed by atoms with Crippen LogP contribution in [-0.4, -0.2) is 22.4 Å². The Morgan fingerprint density at radius 1 is 1.15 bits per heavy atom. The van der Waals surface area contributed by atoms with Crippen LogP contribution in [0.3, 0.4) is 0 Å². The van der Waals surface area contributed by atoms with Crippen molar-refractivity contribution in [1.29, 1.82) is 5.26 Å². The number of nitriles is 1. The molecule has 0 bridgehead atoms. The summed E-state index contributed by atoms with van der Waals surface area (Å²) in [6.07, 6.45) is 13.8. The lowest BCUT2D eigenvalue weighted by Gasteiger charge is -2.34. The second-order valence-electron chi connectivity index (χ2n) is 6.30. The normalized spacial score (nSPS) is 16.9. The molecule has 132 valence electrons. The average Bonchev–Trinajstić information content (AvgIpc) is 2.74. The molecule has 0 saturated heterocycles. The van der Waals surface area contributed by atoms with Gasteiger partial charge in [0.15, 0.2) is 0 Å². The number of aliphatic imine (C=N–C) groups is 1. The van der Waals surface area contributed by atoms with Gasteiger partial charge >= 0.3 is 0 Å². The van der Waals surface area contributed by atoms with Gasteiger partial charge in [-0.15, -0.1) is 0 Å². The molecule has 27 heavy (non-hydrogen) atoms. The topological polar surface area (TPSA) is 64.3 Å². The van der Waals surface area contributed by atoms with Gasteiger partial charge in [0, 0.05) is 18.9 Å². The zero-order valence-electron chi connectivity index (χ0n) is 14.8.